The Morgan fingerprint density at radius 3 is 2.97 bits per heavy atom. The van der Waals surface area contributed by atoms with E-state index in [1.807, 2.05) is 19.1 Å². The number of imidazole rings is 1. The summed E-state index contributed by atoms with van der Waals surface area (Å²) in [4.78, 5) is 25.9. The van der Waals surface area contributed by atoms with Crippen molar-refractivity contribution in [1.82, 2.24) is 24.8 Å². The topological polar surface area (TPSA) is 106 Å². The van der Waals surface area contributed by atoms with Crippen LogP contribution in [0.3, 0.4) is 0 Å². The van der Waals surface area contributed by atoms with Gasteiger partial charge in [-0.3, -0.25) is 9.78 Å². The largest absolute Gasteiger partial charge is 0.378 e. The number of halogens is 1. The van der Waals surface area contributed by atoms with Gasteiger partial charge in [0.25, 0.3) is 0 Å². The minimum Gasteiger partial charge on any atom is -0.378 e. The van der Waals surface area contributed by atoms with Gasteiger partial charge in [0.2, 0.25) is 11.9 Å². The number of hydrogen-bond acceptors (Lipinski definition) is 6. The molecule has 34 heavy (non-hydrogen) atoms. The number of nitrogens with zero attached hydrogens (tertiary/aromatic N) is 5. The lowest BCUT2D eigenvalue weighted by atomic mass is 10.0. The molecule has 0 unspecified atom stereocenters. The Morgan fingerprint density at radius 1 is 1.29 bits per heavy atom. The van der Waals surface area contributed by atoms with Crippen molar-refractivity contribution in [3.8, 4) is 6.07 Å². The van der Waals surface area contributed by atoms with E-state index in [0.29, 0.717) is 29.2 Å². The van der Waals surface area contributed by atoms with Crippen molar-refractivity contribution in [1.29, 1.82) is 5.26 Å². The van der Waals surface area contributed by atoms with E-state index in [1.165, 1.54) is 6.07 Å². The molecule has 1 N–H and O–H groups in total. The third-order valence-corrected chi connectivity index (χ3v) is 6.10. The van der Waals surface area contributed by atoms with Gasteiger partial charge >= 0.3 is 0 Å². The van der Waals surface area contributed by atoms with Gasteiger partial charge in [0.05, 0.1) is 53.6 Å². The first-order valence-electron chi connectivity index (χ1n) is 11.2. The number of hydrogen-bond donors (Lipinski definition) is 1. The smallest absolute Gasteiger partial charge is 0.227 e. The molecule has 1 saturated heterocycles. The first-order valence-corrected chi connectivity index (χ1v) is 11.2. The Morgan fingerprint density at radius 2 is 2.18 bits per heavy atom. The molecule has 0 spiro atoms. The number of carbonyl (C=O) groups excluding carboxylic acids is 1. The van der Waals surface area contributed by atoms with Gasteiger partial charge in [-0.25, -0.2) is 9.97 Å². The molecule has 0 aliphatic carbocycles. The molecule has 1 aliphatic heterocycles. The quantitative estimate of drug-likeness (QED) is 0.458. The van der Waals surface area contributed by atoms with Gasteiger partial charge in [-0.2, -0.15) is 9.65 Å². The summed E-state index contributed by atoms with van der Waals surface area (Å²) in [5, 5.41) is 13.1. The fourth-order valence-corrected chi connectivity index (χ4v) is 4.57. The van der Waals surface area contributed by atoms with Crippen LogP contribution in [0, 0.1) is 17.3 Å². The number of fused-ring (bicyclic) bond motifs is 3. The van der Waals surface area contributed by atoms with Gasteiger partial charge in [-0.1, -0.05) is 6.07 Å². The van der Waals surface area contributed by atoms with Gasteiger partial charge in [0, 0.05) is 18.0 Å². The lowest BCUT2D eigenvalue weighted by molar-refractivity contribution is -0.120. The molecule has 0 saturated carbocycles. The number of pyridine rings is 2. The molecule has 4 aromatic rings. The van der Waals surface area contributed by atoms with Crippen LogP contribution in [0.1, 0.15) is 42.9 Å². The lowest BCUT2D eigenvalue weighted by Crippen LogP contribution is -2.29. The molecule has 2 atom stereocenters. The number of aromatic nitrogens is 4. The first-order chi connectivity index (χ1) is 16.5. The van der Waals surface area contributed by atoms with E-state index in [2.05, 4.69) is 25.9 Å². The van der Waals surface area contributed by atoms with E-state index in [-0.39, 0.29) is 31.0 Å². The van der Waals surface area contributed by atoms with Crippen LogP contribution in [0.5, 0.6) is 0 Å². The number of nitrogens with one attached hydrogen (secondary N) is 1. The van der Waals surface area contributed by atoms with Gasteiger partial charge in [0.15, 0.2) is 0 Å². The van der Waals surface area contributed by atoms with Crippen molar-refractivity contribution >= 4 is 27.8 Å². The number of nitriles is 1. The van der Waals surface area contributed by atoms with E-state index in [0.717, 1.165) is 29.3 Å². The molecule has 1 amide bonds. The summed E-state index contributed by atoms with van der Waals surface area (Å²) in [6.07, 6.45) is 3.42. The Hall–Kier alpha value is -3.90. The summed E-state index contributed by atoms with van der Waals surface area (Å²) in [6, 6.07) is 12.2. The van der Waals surface area contributed by atoms with Crippen LogP contribution in [-0.2, 0) is 22.5 Å². The van der Waals surface area contributed by atoms with Crippen LogP contribution >= 0.6 is 0 Å². The van der Waals surface area contributed by atoms with Crippen LogP contribution in [0.2, 0.25) is 0 Å². The number of rotatable bonds is 5. The van der Waals surface area contributed by atoms with Crippen LogP contribution in [-0.4, -0.2) is 38.1 Å². The maximum atomic E-state index is 13.4. The Labute approximate surface area is 195 Å². The molecule has 9 heteroatoms. The highest BCUT2D eigenvalue weighted by atomic mass is 19.1. The Kier molecular flexibility index (Phi) is 5.90. The molecule has 4 heterocycles. The van der Waals surface area contributed by atoms with E-state index >= 15 is 0 Å². The molecule has 3 aromatic heterocycles. The Balaban J connectivity index is 1.53. The summed E-state index contributed by atoms with van der Waals surface area (Å²) in [6.45, 7) is 2.78. The highest BCUT2D eigenvalue weighted by Crippen LogP contribution is 2.34. The molecule has 0 radical (unpaired) electrons. The predicted octanol–water partition coefficient (Wildman–Crippen LogP) is 3.59. The van der Waals surface area contributed by atoms with Crippen molar-refractivity contribution in [2.45, 2.75) is 44.9 Å². The zero-order valence-corrected chi connectivity index (χ0v) is 18.7. The molecular weight excluding hydrogens is 435 g/mol. The molecule has 1 aliphatic rings. The minimum atomic E-state index is -0.585. The first kappa shape index (κ1) is 21.9. The van der Waals surface area contributed by atoms with E-state index in [1.54, 1.807) is 24.4 Å². The molecule has 1 fully saturated rings. The fraction of sp³-hybridized carbons (Fsp3) is 0.320. The molecule has 0 bridgehead atoms. The molecule has 172 valence electrons. The highest BCUT2D eigenvalue weighted by molar-refractivity contribution is 6.03. The fourth-order valence-electron chi connectivity index (χ4n) is 4.57. The van der Waals surface area contributed by atoms with Crippen molar-refractivity contribution in [3.63, 3.8) is 0 Å². The third-order valence-electron chi connectivity index (χ3n) is 6.10. The maximum absolute atomic E-state index is 13.4. The van der Waals surface area contributed by atoms with Gasteiger partial charge in [-0.05, 0) is 50.1 Å². The second-order valence-corrected chi connectivity index (χ2v) is 8.50. The normalized spacial score (nSPS) is 18.1. The van der Waals surface area contributed by atoms with Crippen LogP contribution < -0.4 is 5.32 Å². The standard InChI is InChI=1S/C25H23FN6O2/c1-15-9-18(7-8-34-15)32-23(11-24(33)29-13-17-3-2-4-22(26)30-17)31-21-14-28-20-6-5-16(12-27)10-19(20)25(21)32/h2-6,10,14-15,18H,7-9,11,13H2,1H3,(H,29,33)/t15-,18-/m1/s1. The van der Waals surface area contributed by atoms with E-state index in [9.17, 15) is 14.4 Å². The van der Waals surface area contributed by atoms with E-state index < -0.39 is 5.95 Å². The summed E-state index contributed by atoms with van der Waals surface area (Å²) < 4.78 is 21.2. The van der Waals surface area contributed by atoms with Crippen LogP contribution in [0.15, 0.2) is 42.6 Å². The van der Waals surface area contributed by atoms with Gasteiger partial charge in [-0.15, -0.1) is 0 Å². The average molecular weight is 458 g/mol. The minimum absolute atomic E-state index is 0.0508. The van der Waals surface area contributed by atoms with Crippen molar-refractivity contribution in [3.05, 3.63) is 65.6 Å². The monoisotopic (exact) mass is 458 g/mol. The van der Waals surface area contributed by atoms with Crippen molar-refractivity contribution in [2.24, 2.45) is 0 Å². The number of amides is 1. The van der Waals surface area contributed by atoms with E-state index in [4.69, 9.17) is 9.72 Å². The summed E-state index contributed by atoms with van der Waals surface area (Å²) in [5.41, 5.74) is 3.30. The maximum Gasteiger partial charge on any atom is 0.227 e. The third kappa shape index (κ3) is 4.32. The van der Waals surface area contributed by atoms with Gasteiger partial charge in [0.1, 0.15) is 11.3 Å². The second kappa shape index (κ2) is 9.15. The highest BCUT2D eigenvalue weighted by Gasteiger charge is 2.27. The molecular formula is C25H23FN6O2. The zero-order chi connectivity index (χ0) is 23.7. The number of carbonyl (C=O) groups is 1. The van der Waals surface area contributed by atoms with Crippen LogP contribution in [0.25, 0.3) is 21.9 Å². The van der Waals surface area contributed by atoms with Gasteiger partial charge < -0.3 is 14.6 Å². The summed E-state index contributed by atoms with van der Waals surface area (Å²) in [7, 11) is 0. The van der Waals surface area contributed by atoms with Crippen molar-refractivity contribution in [2.75, 3.05) is 6.61 Å². The Bertz CT molecular complexity index is 1430. The predicted molar refractivity (Wildman–Crippen MR) is 123 cm³/mol. The van der Waals surface area contributed by atoms with Crippen LogP contribution in [0.4, 0.5) is 4.39 Å². The summed E-state index contributed by atoms with van der Waals surface area (Å²) >= 11 is 0. The molecule has 5 rings (SSSR count). The summed E-state index contributed by atoms with van der Waals surface area (Å²) in [5.74, 6) is -0.202. The number of benzene rings is 1. The zero-order valence-electron chi connectivity index (χ0n) is 18.7. The SMILES string of the molecule is C[C@@H]1C[C@H](n2c(CC(=O)NCc3cccc(F)n3)nc3cnc4ccc(C#N)cc4c32)CCO1. The number of ether oxygens (including phenoxy) is 1. The molecule has 8 nitrogen and oxygen atoms in total. The molecule has 1 aromatic carbocycles. The average Bonchev–Trinajstić information content (AvgIpc) is 3.20. The lowest BCUT2D eigenvalue weighted by Gasteiger charge is -2.30. The second-order valence-electron chi connectivity index (χ2n) is 8.50. The van der Waals surface area contributed by atoms with Crippen molar-refractivity contribution < 1.29 is 13.9 Å².